The number of carbonyl (C=O) groups excluding carboxylic acids is 1. The number of benzene rings is 1. The van der Waals surface area contributed by atoms with Crippen LogP contribution in [0.5, 0.6) is 0 Å². The summed E-state index contributed by atoms with van der Waals surface area (Å²) in [4.78, 5) is 10.6. The quantitative estimate of drug-likeness (QED) is 0.541. The lowest BCUT2D eigenvalue weighted by molar-refractivity contribution is -0.104. The Hall–Kier alpha value is -1.37. The van der Waals surface area contributed by atoms with Gasteiger partial charge in [-0.1, -0.05) is 41.8 Å². The predicted octanol–water partition coefficient (Wildman–Crippen LogP) is 3.78. The van der Waals surface area contributed by atoms with Crippen molar-refractivity contribution in [3.63, 3.8) is 0 Å². The Morgan fingerprint density at radius 2 is 1.94 bits per heavy atom. The number of rotatable bonds is 2. The van der Waals surface area contributed by atoms with Crippen LogP contribution in [0, 0.1) is 6.92 Å². The van der Waals surface area contributed by atoms with Crippen LogP contribution >= 0.6 is 0 Å². The number of aryl methyl sites for hydroxylation is 1. The maximum Gasteiger partial charge on any atom is 0.142 e. The van der Waals surface area contributed by atoms with Gasteiger partial charge < -0.3 is 0 Å². The van der Waals surface area contributed by atoms with Crippen molar-refractivity contribution in [1.82, 2.24) is 0 Å². The minimum absolute atomic E-state index is 0.472. The van der Waals surface area contributed by atoms with Crippen molar-refractivity contribution in [1.29, 1.82) is 0 Å². The van der Waals surface area contributed by atoms with E-state index < -0.39 is 0 Å². The SMILES string of the molecule is Cc1ccc(C2CCCC/C2=C\C=O)cc1. The van der Waals surface area contributed by atoms with Crippen molar-refractivity contribution in [3.05, 3.63) is 47.0 Å². The van der Waals surface area contributed by atoms with Gasteiger partial charge in [0.1, 0.15) is 6.29 Å². The monoisotopic (exact) mass is 214 g/mol. The molecule has 84 valence electrons. The second kappa shape index (κ2) is 5.11. The maximum atomic E-state index is 10.6. The third-order valence-corrected chi connectivity index (χ3v) is 3.42. The molecule has 2 rings (SSSR count). The van der Waals surface area contributed by atoms with Crippen LogP contribution in [0.3, 0.4) is 0 Å². The van der Waals surface area contributed by atoms with E-state index in [0.29, 0.717) is 5.92 Å². The molecule has 0 radical (unpaired) electrons. The molecule has 1 aromatic rings. The average Bonchev–Trinajstić information content (AvgIpc) is 2.32. The van der Waals surface area contributed by atoms with Crippen LogP contribution in [0.4, 0.5) is 0 Å². The van der Waals surface area contributed by atoms with E-state index in [1.54, 1.807) is 6.08 Å². The second-order valence-electron chi connectivity index (χ2n) is 4.59. The fourth-order valence-electron chi connectivity index (χ4n) is 2.50. The molecule has 1 aliphatic carbocycles. The molecule has 0 saturated heterocycles. The number of allylic oxidation sites excluding steroid dienone is 2. The normalized spacial score (nSPS) is 23.3. The molecule has 0 aliphatic heterocycles. The summed E-state index contributed by atoms with van der Waals surface area (Å²) in [6.07, 6.45) is 7.46. The maximum absolute atomic E-state index is 10.6. The van der Waals surface area contributed by atoms with Gasteiger partial charge in [-0.15, -0.1) is 0 Å². The van der Waals surface area contributed by atoms with E-state index in [2.05, 4.69) is 31.2 Å². The van der Waals surface area contributed by atoms with Gasteiger partial charge in [0.25, 0.3) is 0 Å². The predicted molar refractivity (Wildman–Crippen MR) is 66.5 cm³/mol. The molecule has 1 saturated carbocycles. The highest BCUT2D eigenvalue weighted by molar-refractivity contribution is 5.67. The Morgan fingerprint density at radius 3 is 2.62 bits per heavy atom. The molecule has 0 N–H and O–H groups in total. The Labute approximate surface area is 97.2 Å². The number of hydrogen-bond donors (Lipinski definition) is 0. The lowest BCUT2D eigenvalue weighted by Gasteiger charge is -2.25. The van der Waals surface area contributed by atoms with Gasteiger partial charge in [-0.25, -0.2) is 0 Å². The largest absolute Gasteiger partial charge is 0.299 e. The molecule has 0 aromatic heterocycles. The Kier molecular flexibility index (Phi) is 3.55. The Bertz CT molecular complexity index is 386. The average molecular weight is 214 g/mol. The van der Waals surface area contributed by atoms with Gasteiger partial charge in [-0.3, -0.25) is 4.79 Å². The number of hydrogen-bond acceptors (Lipinski definition) is 1. The van der Waals surface area contributed by atoms with Crippen molar-refractivity contribution in [3.8, 4) is 0 Å². The van der Waals surface area contributed by atoms with E-state index >= 15 is 0 Å². The highest BCUT2D eigenvalue weighted by Crippen LogP contribution is 2.36. The lowest BCUT2D eigenvalue weighted by atomic mass is 9.79. The van der Waals surface area contributed by atoms with Gasteiger partial charge in [0.05, 0.1) is 0 Å². The van der Waals surface area contributed by atoms with Crippen LogP contribution in [0.2, 0.25) is 0 Å². The standard InChI is InChI=1S/C15H18O/c1-12-6-8-14(9-7-12)15-5-3-2-4-13(15)10-11-16/h6-11,15H,2-5H2,1H3/b13-10+. The molecule has 0 heterocycles. The van der Waals surface area contributed by atoms with Gasteiger partial charge in [-0.05, 0) is 37.8 Å². The summed E-state index contributed by atoms with van der Waals surface area (Å²) in [5.41, 5.74) is 3.96. The van der Waals surface area contributed by atoms with Crippen LogP contribution in [0.1, 0.15) is 42.7 Å². The van der Waals surface area contributed by atoms with E-state index in [1.807, 2.05) is 0 Å². The van der Waals surface area contributed by atoms with Gasteiger partial charge in [0, 0.05) is 5.92 Å². The van der Waals surface area contributed by atoms with E-state index in [4.69, 9.17) is 0 Å². The smallest absolute Gasteiger partial charge is 0.142 e. The molecule has 0 bridgehead atoms. The van der Waals surface area contributed by atoms with E-state index in [9.17, 15) is 4.79 Å². The first-order chi connectivity index (χ1) is 7.81. The molecule has 1 nitrogen and oxygen atoms in total. The molecule has 0 spiro atoms. The molecule has 1 aliphatic rings. The molecule has 1 heteroatoms. The highest BCUT2D eigenvalue weighted by atomic mass is 16.1. The van der Waals surface area contributed by atoms with E-state index in [0.717, 1.165) is 12.7 Å². The topological polar surface area (TPSA) is 17.1 Å². The van der Waals surface area contributed by atoms with Crippen molar-refractivity contribution in [2.45, 2.75) is 38.5 Å². The first-order valence-electron chi connectivity index (χ1n) is 6.02. The van der Waals surface area contributed by atoms with Crippen LogP contribution in [0.15, 0.2) is 35.9 Å². The zero-order chi connectivity index (χ0) is 11.4. The molecule has 1 fully saturated rings. The van der Waals surface area contributed by atoms with Crippen molar-refractivity contribution >= 4 is 6.29 Å². The highest BCUT2D eigenvalue weighted by Gasteiger charge is 2.19. The summed E-state index contributed by atoms with van der Waals surface area (Å²) < 4.78 is 0. The minimum atomic E-state index is 0.472. The third kappa shape index (κ3) is 2.41. The molecular weight excluding hydrogens is 196 g/mol. The fraction of sp³-hybridized carbons (Fsp3) is 0.400. The first-order valence-corrected chi connectivity index (χ1v) is 6.02. The van der Waals surface area contributed by atoms with Gasteiger partial charge in [-0.2, -0.15) is 0 Å². The van der Waals surface area contributed by atoms with Crippen molar-refractivity contribution in [2.24, 2.45) is 0 Å². The first kappa shape index (κ1) is 11.1. The van der Waals surface area contributed by atoms with Crippen LogP contribution in [0.25, 0.3) is 0 Å². The van der Waals surface area contributed by atoms with Crippen LogP contribution in [-0.4, -0.2) is 6.29 Å². The minimum Gasteiger partial charge on any atom is -0.299 e. The van der Waals surface area contributed by atoms with E-state index in [1.165, 1.54) is 36.0 Å². The molecule has 1 aromatic carbocycles. The van der Waals surface area contributed by atoms with Crippen LogP contribution in [-0.2, 0) is 4.79 Å². The van der Waals surface area contributed by atoms with Gasteiger partial charge in [0.15, 0.2) is 0 Å². The molecule has 1 atom stereocenters. The van der Waals surface area contributed by atoms with Gasteiger partial charge in [0.2, 0.25) is 0 Å². The zero-order valence-electron chi connectivity index (χ0n) is 9.78. The molecule has 16 heavy (non-hydrogen) atoms. The van der Waals surface area contributed by atoms with E-state index in [-0.39, 0.29) is 0 Å². The summed E-state index contributed by atoms with van der Waals surface area (Å²) in [6, 6.07) is 8.71. The van der Waals surface area contributed by atoms with Crippen molar-refractivity contribution in [2.75, 3.05) is 0 Å². The fourth-order valence-corrected chi connectivity index (χ4v) is 2.50. The molecule has 0 amide bonds. The summed E-state index contributed by atoms with van der Waals surface area (Å²) in [5, 5.41) is 0. The molecular formula is C15H18O. The number of carbonyl (C=O) groups is 1. The Morgan fingerprint density at radius 1 is 1.19 bits per heavy atom. The summed E-state index contributed by atoms with van der Waals surface area (Å²) in [6.45, 7) is 2.10. The lowest BCUT2D eigenvalue weighted by Crippen LogP contribution is -2.08. The number of aldehydes is 1. The third-order valence-electron chi connectivity index (χ3n) is 3.42. The van der Waals surface area contributed by atoms with Crippen LogP contribution < -0.4 is 0 Å². The second-order valence-corrected chi connectivity index (χ2v) is 4.59. The van der Waals surface area contributed by atoms with Crippen molar-refractivity contribution < 1.29 is 4.79 Å². The molecule has 1 unspecified atom stereocenters. The summed E-state index contributed by atoms with van der Waals surface area (Å²) >= 11 is 0. The Balaban J connectivity index is 2.26. The zero-order valence-corrected chi connectivity index (χ0v) is 9.78. The summed E-state index contributed by atoms with van der Waals surface area (Å²) in [5.74, 6) is 0.472. The van der Waals surface area contributed by atoms with Gasteiger partial charge >= 0.3 is 0 Å². The summed E-state index contributed by atoms with van der Waals surface area (Å²) in [7, 11) is 0.